The van der Waals surface area contributed by atoms with Gasteiger partial charge in [-0.15, -0.1) is 0 Å². The number of para-hydroxylation sites is 1. The van der Waals surface area contributed by atoms with Gasteiger partial charge in [0.1, 0.15) is 0 Å². The fraction of sp³-hybridized carbons (Fsp3) is 0. The molecule has 0 fully saturated rings. The Bertz CT molecular complexity index is 873. The quantitative estimate of drug-likeness (QED) is 0.608. The molecule has 2 heterocycles. The van der Waals surface area contributed by atoms with Crippen LogP contribution in [0.4, 0.5) is 0 Å². The lowest BCUT2D eigenvalue weighted by molar-refractivity contribution is -0.114. The van der Waals surface area contributed by atoms with Crippen LogP contribution in [0.25, 0.3) is 6.08 Å². The number of hydrazine groups is 1. The summed E-state index contributed by atoms with van der Waals surface area (Å²) in [6.45, 7) is 0. The minimum Gasteiger partial charge on any atom is -0.305 e. The van der Waals surface area contributed by atoms with E-state index in [0.717, 1.165) is 5.22 Å². The standard InChI is InChI=1S/C16H12N4O2/c21-15-13(9-12-3-1-2-4-14(12)19-15)10-18-20-16(22)11-5-7-17-8-6-11/h1-10,18H,(H,20,22)/b13-10-. The van der Waals surface area contributed by atoms with Gasteiger partial charge in [0.05, 0.1) is 10.9 Å². The summed E-state index contributed by atoms with van der Waals surface area (Å²) in [5.41, 5.74) is 5.94. The molecule has 108 valence electrons. The van der Waals surface area contributed by atoms with Crippen molar-refractivity contribution < 1.29 is 9.59 Å². The second-order valence-electron chi connectivity index (χ2n) is 4.55. The van der Waals surface area contributed by atoms with Crippen molar-refractivity contribution in [2.24, 2.45) is 4.99 Å². The largest absolute Gasteiger partial charge is 0.305 e. The van der Waals surface area contributed by atoms with E-state index in [-0.39, 0.29) is 11.8 Å². The maximum atomic E-state index is 11.9. The maximum absolute atomic E-state index is 11.9. The van der Waals surface area contributed by atoms with E-state index in [2.05, 4.69) is 20.8 Å². The van der Waals surface area contributed by atoms with Crippen LogP contribution in [0.5, 0.6) is 0 Å². The van der Waals surface area contributed by atoms with Gasteiger partial charge < -0.3 is 5.43 Å². The summed E-state index contributed by atoms with van der Waals surface area (Å²) >= 11 is 0. The van der Waals surface area contributed by atoms with Gasteiger partial charge in [-0.1, -0.05) is 18.2 Å². The van der Waals surface area contributed by atoms with Crippen LogP contribution < -0.4 is 21.4 Å². The second kappa shape index (κ2) is 6.01. The summed E-state index contributed by atoms with van der Waals surface area (Å²) in [5.74, 6) is -0.677. The SMILES string of the molecule is O=C1N=c2ccccc2=C/C1=C/NNC(=O)c1ccncc1. The zero-order valence-corrected chi connectivity index (χ0v) is 11.5. The molecule has 22 heavy (non-hydrogen) atoms. The lowest BCUT2D eigenvalue weighted by Crippen LogP contribution is -2.35. The topological polar surface area (TPSA) is 83.5 Å². The van der Waals surface area contributed by atoms with Gasteiger partial charge in [-0.05, 0) is 24.3 Å². The molecule has 1 aliphatic heterocycles. The van der Waals surface area contributed by atoms with Crippen molar-refractivity contribution in [3.63, 3.8) is 0 Å². The van der Waals surface area contributed by atoms with E-state index in [1.165, 1.54) is 18.6 Å². The third-order valence-electron chi connectivity index (χ3n) is 3.07. The van der Waals surface area contributed by atoms with Crippen LogP contribution in [-0.2, 0) is 4.79 Å². The minimum absolute atomic E-state index is 0.320. The second-order valence-corrected chi connectivity index (χ2v) is 4.55. The van der Waals surface area contributed by atoms with E-state index in [4.69, 9.17) is 0 Å². The number of benzene rings is 1. The van der Waals surface area contributed by atoms with Gasteiger partial charge in [0.15, 0.2) is 0 Å². The third-order valence-corrected chi connectivity index (χ3v) is 3.07. The Balaban J connectivity index is 1.73. The molecule has 0 spiro atoms. The van der Waals surface area contributed by atoms with Gasteiger partial charge in [0, 0.05) is 29.4 Å². The van der Waals surface area contributed by atoms with Gasteiger partial charge in [-0.3, -0.25) is 20.0 Å². The number of aromatic nitrogens is 1. The van der Waals surface area contributed by atoms with Crippen molar-refractivity contribution in [2.75, 3.05) is 0 Å². The molecule has 0 unspecified atom stereocenters. The molecule has 0 saturated carbocycles. The number of hydrogen-bond acceptors (Lipinski definition) is 4. The van der Waals surface area contributed by atoms with E-state index >= 15 is 0 Å². The first-order chi connectivity index (χ1) is 10.7. The first-order valence-electron chi connectivity index (χ1n) is 6.60. The first-order valence-corrected chi connectivity index (χ1v) is 6.60. The first kappa shape index (κ1) is 13.7. The summed E-state index contributed by atoms with van der Waals surface area (Å²) in [5, 5.41) is 1.50. The number of nitrogens with one attached hydrogen (secondary N) is 2. The predicted molar refractivity (Wildman–Crippen MR) is 79.6 cm³/mol. The smallest absolute Gasteiger partial charge is 0.279 e. The number of pyridine rings is 1. The third kappa shape index (κ3) is 2.90. The van der Waals surface area contributed by atoms with Crippen LogP contribution in [0.1, 0.15) is 10.4 Å². The number of amides is 2. The molecule has 2 aromatic rings. The Morgan fingerprint density at radius 3 is 2.68 bits per heavy atom. The molecule has 6 heteroatoms. The van der Waals surface area contributed by atoms with Crippen LogP contribution in [0, 0.1) is 0 Å². The lowest BCUT2D eigenvalue weighted by atomic mass is 10.1. The van der Waals surface area contributed by atoms with Gasteiger partial charge in [0.2, 0.25) is 0 Å². The molecule has 2 amide bonds. The molecule has 1 aliphatic rings. The molecular weight excluding hydrogens is 280 g/mol. The summed E-state index contributed by atoms with van der Waals surface area (Å²) < 4.78 is 0. The maximum Gasteiger partial charge on any atom is 0.279 e. The molecule has 1 aromatic carbocycles. The minimum atomic E-state index is -0.357. The molecule has 0 aliphatic carbocycles. The molecule has 6 nitrogen and oxygen atoms in total. The van der Waals surface area contributed by atoms with Crippen molar-refractivity contribution in [3.8, 4) is 0 Å². The summed E-state index contributed by atoms with van der Waals surface area (Å²) in [4.78, 5) is 31.5. The van der Waals surface area contributed by atoms with E-state index in [1.807, 2.05) is 18.2 Å². The predicted octanol–water partition coefficient (Wildman–Crippen LogP) is -0.160. The van der Waals surface area contributed by atoms with Crippen LogP contribution in [0.2, 0.25) is 0 Å². The number of nitrogens with zero attached hydrogens (tertiary/aromatic N) is 2. The van der Waals surface area contributed by atoms with Crippen molar-refractivity contribution in [2.45, 2.75) is 0 Å². The average molecular weight is 292 g/mol. The number of fused-ring (bicyclic) bond motifs is 1. The Morgan fingerprint density at radius 1 is 1.09 bits per heavy atom. The van der Waals surface area contributed by atoms with E-state index in [0.29, 0.717) is 16.5 Å². The zero-order valence-electron chi connectivity index (χ0n) is 11.5. The molecule has 0 saturated heterocycles. The molecule has 1 aromatic heterocycles. The summed E-state index contributed by atoms with van der Waals surface area (Å²) in [7, 11) is 0. The highest BCUT2D eigenvalue weighted by molar-refractivity contribution is 6.03. The molecule has 2 N–H and O–H groups in total. The van der Waals surface area contributed by atoms with Gasteiger partial charge in [0.25, 0.3) is 11.8 Å². The van der Waals surface area contributed by atoms with Gasteiger partial charge in [-0.2, -0.15) is 0 Å². The molecule has 0 radical (unpaired) electrons. The lowest BCUT2D eigenvalue weighted by Gasteiger charge is -2.06. The molecule has 3 rings (SSSR count). The van der Waals surface area contributed by atoms with Crippen molar-refractivity contribution in [1.82, 2.24) is 15.8 Å². The highest BCUT2D eigenvalue weighted by atomic mass is 16.2. The number of carbonyl (C=O) groups excluding carboxylic acids is 2. The van der Waals surface area contributed by atoms with E-state index in [1.54, 1.807) is 24.3 Å². The summed E-state index contributed by atoms with van der Waals surface area (Å²) in [6, 6.07) is 10.5. The Hall–Kier alpha value is -3.28. The van der Waals surface area contributed by atoms with Crippen LogP contribution in [0.15, 0.2) is 65.6 Å². The Morgan fingerprint density at radius 2 is 1.86 bits per heavy atom. The molecule has 0 atom stereocenters. The normalized spacial score (nSPS) is 14.5. The van der Waals surface area contributed by atoms with Crippen molar-refractivity contribution >= 4 is 17.9 Å². The average Bonchev–Trinajstić information content (AvgIpc) is 2.56. The van der Waals surface area contributed by atoms with Gasteiger partial charge in [-0.25, -0.2) is 4.99 Å². The van der Waals surface area contributed by atoms with Crippen LogP contribution >= 0.6 is 0 Å². The van der Waals surface area contributed by atoms with Crippen molar-refractivity contribution in [1.29, 1.82) is 0 Å². The fourth-order valence-electron chi connectivity index (χ4n) is 1.97. The molecule has 0 bridgehead atoms. The Kier molecular flexibility index (Phi) is 3.74. The van der Waals surface area contributed by atoms with Crippen LogP contribution in [0.3, 0.4) is 0 Å². The summed E-state index contributed by atoms with van der Waals surface area (Å²) in [6.07, 6.45) is 6.19. The monoisotopic (exact) mass is 292 g/mol. The zero-order chi connectivity index (χ0) is 15.4. The van der Waals surface area contributed by atoms with E-state index in [9.17, 15) is 9.59 Å². The highest BCUT2D eigenvalue weighted by Gasteiger charge is 2.10. The van der Waals surface area contributed by atoms with Crippen LogP contribution in [-0.4, -0.2) is 16.8 Å². The molecular formula is C16H12N4O2. The number of hydrogen-bond donors (Lipinski definition) is 2. The number of rotatable bonds is 3. The van der Waals surface area contributed by atoms with Crippen molar-refractivity contribution in [3.05, 3.63) is 76.7 Å². The number of carbonyl (C=O) groups is 2. The highest BCUT2D eigenvalue weighted by Crippen LogP contribution is 2.00. The Labute approximate surface area is 125 Å². The fourth-order valence-corrected chi connectivity index (χ4v) is 1.97. The van der Waals surface area contributed by atoms with E-state index < -0.39 is 0 Å². The van der Waals surface area contributed by atoms with Gasteiger partial charge >= 0.3 is 0 Å².